The number of aliphatic carboxylic acids is 1. The predicted molar refractivity (Wildman–Crippen MR) is 173 cm³/mol. The van der Waals surface area contributed by atoms with Crippen molar-refractivity contribution in [3.63, 3.8) is 0 Å². The first kappa shape index (κ1) is 35.2. The van der Waals surface area contributed by atoms with Gasteiger partial charge in [0, 0.05) is 58.3 Å². The number of nitrogens with one attached hydrogen (secondary N) is 2. The minimum absolute atomic E-state index is 0.0417. The maximum absolute atomic E-state index is 13.5. The van der Waals surface area contributed by atoms with Crippen molar-refractivity contribution in [2.75, 3.05) is 59.0 Å². The van der Waals surface area contributed by atoms with E-state index in [0.29, 0.717) is 37.7 Å². The topological polar surface area (TPSA) is 193 Å². The van der Waals surface area contributed by atoms with Gasteiger partial charge >= 0.3 is 12.1 Å². The first-order valence-corrected chi connectivity index (χ1v) is 16.7. The molecule has 3 N–H and O–H groups in total. The van der Waals surface area contributed by atoms with Gasteiger partial charge in [-0.25, -0.2) is 9.48 Å². The van der Waals surface area contributed by atoms with Gasteiger partial charge in [-0.1, -0.05) is 18.2 Å². The molecule has 2 saturated heterocycles. The number of carboxylic acid groups (broad SMARTS) is 1. The molecule has 0 radical (unpaired) electrons. The summed E-state index contributed by atoms with van der Waals surface area (Å²) in [5.41, 5.74) is 0.440. The molecule has 0 bridgehead atoms. The van der Waals surface area contributed by atoms with E-state index in [9.17, 15) is 33.9 Å². The third-order valence-electron chi connectivity index (χ3n) is 8.79. The van der Waals surface area contributed by atoms with E-state index in [1.165, 1.54) is 20.5 Å². The second-order valence-corrected chi connectivity index (χ2v) is 12.4. The summed E-state index contributed by atoms with van der Waals surface area (Å²) in [5.74, 6) is -2.30. The number of amides is 5. The van der Waals surface area contributed by atoms with Gasteiger partial charge in [-0.2, -0.15) is 5.10 Å². The van der Waals surface area contributed by atoms with Crippen molar-refractivity contribution in [2.24, 2.45) is 11.8 Å². The number of likely N-dealkylation sites (tertiary alicyclic amines) is 1. The summed E-state index contributed by atoms with van der Waals surface area (Å²) >= 11 is 0. The quantitative estimate of drug-likeness (QED) is 0.258. The Labute approximate surface area is 283 Å². The fourth-order valence-electron chi connectivity index (χ4n) is 5.77. The molecule has 3 aliphatic rings. The summed E-state index contributed by atoms with van der Waals surface area (Å²) in [5, 5.41) is 19.3. The van der Waals surface area contributed by atoms with Crippen LogP contribution in [0.3, 0.4) is 0 Å². The van der Waals surface area contributed by atoms with Gasteiger partial charge in [-0.15, -0.1) is 0 Å². The highest BCUT2D eigenvalue weighted by Crippen LogP contribution is 2.28. The molecule has 16 nitrogen and oxygen atoms in total. The molecule has 1 aromatic carbocycles. The van der Waals surface area contributed by atoms with Crippen LogP contribution in [0.25, 0.3) is 5.69 Å². The molecule has 2 atom stereocenters. The van der Waals surface area contributed by atoms with Crippen LogP contribution in [0, 0.1) is 11.8 Å². The Morgan fingerprint density at radius 1 is 0.959 bits per heavy atom. The van der Waals surface area contributed by atoms with Gasteiger partial charge < -0.3 is 39.9 Å². The van der Waals surface area contributed by atoms with Gasteiger partial charge in [-0.3, -0.25) is 24.0 Å². The Hall–Kier alpha value is -5.15. The number of rotatable bonds is 14. The standard InChI is InChI=1S/C33H43N7O9/c1-2-48-33(47)38-16-14-37(15-17-38)32(46)25(10-11-29(42)43)35-31(45)26-18-28(40(36-26)24-6-4-3-5-7-24)49-21-27(41)39-13-12-23(20-39)30(44)34-19-22-8-9-22/h3-7,18,22-23,25H,2,8-17,19-21H2,1H3,(H,34,44)(H,35,45)(H,42,43). The largest absolute Gasteiger partial charge is 0.481 e. The lowest BCUT2D eigenvalue weighted by molar-refractivity contribution is -0.138. The Bertz CT molecular complexity index is 1520. The third kappa shape index (κ3) is 9.48. The first-order chi connectivity index (χ1) is 23.6. The summed E-state index contributed by atoms with van der Waals surface area (Å²) in [6, 6.07) is 9.01. The van der Waals surface area contributed by atoms with E-state index in [1.807, 2.05) is 0 Å². The summed E-state index contributed by atoms with van der Waals surface area (Å²) in [6.07, 6.45) is 1.83. The van der Waals surface area contributed by atoms with E-state index >= 15 is 0 Å². The van der Waals surface area contributed by atoms with Crippen LogP contribution in [0.15, 0.2) is 36.4 Å². The van der Waals surface area contributed by atoms with Crippen molar-refractivity contribution < 1.29 is 43.3 Å². The number of hydrogen-bond donors (Lipinski definition) is 3. The van der Waals surface area contributed by atoms with Gasteiger partial charge in [0.2, 0.25) is 17.7 Å². The van der Waals surface area contributed by atoms with E-state index in [-0.39, 0.29) is 81.5 Å². The molecule has 5 amide bonds. The molecule has 1 aromatic heterocycles. The van der Waals surface area contributed by atoms with Crippen LogP contribution in [0.2, 0.25) is 0 Å². The molecular formula is C33H43N7O9. The van der Waals surface area contributed by atoms with E-state index in [1.54, 1.807) is 42.2 Å². The summed E-state index contributed by atoms with van der Waals surface area (Å²) in [6.45, 7) is 3.82. The van der Waals surface area contributed by atoms with Crippen molar-refractivity contribution >= 4 is 35.7 Å². The van der Waals surface area contributed by atoms with Crippen LogP contribution in [0.4, 0.5) is 4.79 Å². The maximum Gasteiger partial charge on any atom is 0.409 e. The fourth-order valence-corrected chi connectivity index (χ4v) is 5.77. The number of carboxylic acids is 1. The molecular weight excluding hydrogens is 638 g/mol. The van der Waals surface area contributed by atoms with Gasteiger partial charge in [0.1, 0.15) is 6.04 Å². The number of nitrogens with zero attached hydrogens (tertiary/aromatic N) is 5. The number of para-hydroxylation sites is 1. The van der Waals surface area contributed by atoms with Gasteiger partial charge in [-0.05, 0) is 50.7 Å². The average molecular weight is 682 g/mol. The Morgan fingerprint density at radius 3 is 2.35 bits per heavy atom. The number of aromatic nitrogens is 2. The molecule has 49 heavy (non-hydrogen) atoms. The Kier molecular flexibility index (Phi) is 11.7. The zero-order chi connectivity index (χ0) is 34.9. The monoisotopic (exact) mass is 681 g/mol. The molecule has 1 saturated carbocycles. The number of benzene rings is 1. The first-order valence-electron chi connectivity index (χ1n) is 16.7. The average Bonchev–Trinajstić information content (AvgIpc) is 3.62. The van der Waals surface area contributed by atoms with Crippen LogP contribution in [-0.2, 0) is 23.9 Å². The second kappa shape index (κ2) is 16.3. The summed E-state index contributed by atoms with van der Waals surface area (Å²) in [7, 11) is 0. The van der Waals surface area contributed by atoms with E-state index in [2.05, 4.69) is 15.7 Å². The lowest BCUT2D eigenvalue weighted by Crippen LogP contribution is -2.56. The van der Waals surface area contributed by atoms with E-state index in [0.717, 1.165) is 12.8 Å². The summed E-state index contributed by atoms with van der Waals surface area (Å²) < 4.78 is 12.3. The molecule has 3 heterocycles. The van der Waals surface area contributed by atoms with E-state index < -0.39 is 29.9 Å². The van der Waals surface area contributed by atoms with Gasteiger partial charge in [0.15, 0.2) is 12.3 Å². The number of carbonyl (C=O) groups excluding carboxylic acids is 5. The van der Waals surface area contributed by atoms with Crippen LogP contribution >= 0.6 is 0 Å². The predicted octanol–water partition coefficient (Wildman–Crippen LogP) is 0.890. The number of ether oxygens (including phenoxy) is 2. The normalized spacial score (nSPS) is 18.1. The minimum Gasteiger partial charge on any atom is -0.481 e. The Morgan fingerprint density at radius 2 is 1.67 bits per heavy atom. The smallest absolute Gasteiger partial charge is 0.409 e. The SMILES string of the molecule is CCOC(=O)N1CCN(C(=O)C(CCC(=O)O)NC(=O)c2cc(OCC(=O)N3CCC(C(=O)NCC4CC4)C3)n(-c3ccccc3)n2)CC1. The zero-order valence-electron chi connectivity index (χ0n) is 27.5. The molecule has 1 aliphatic carbocycles. The molecule has 16 heteroatoms. The molecule has 5 rings (SSSR count). The van der Waals surface area contributed by atoms with Gasteiger partial charge in [0.25, 0.3) is 11.8 Å². The molecule has 2 aliphatic heterocycles. The van der Waals surface area contributed by atoms with Crippen molar-refractivity contribution in [1.82, 2.24) is 35.1 Å². The van der Waals surface area contributed by atoms with Crippen molar-refractivity contribution in [3.05, 3.63) is 42.1 Å². The van der Waals surface area contributed by atoms with Crippen LogP contribution in [0.5, 0.6) is 5.88 Å². The fraction of sp³-hybridized carbons (Fsp3) is 0.545. The molecule has 2 aromatic rings. The van der Waals surface area contributed by atoms with Crippen LogP contribution in [0.1, 0.15) is 49.5 Å². The van der Waals surface area contributed by atoms with E-state index in [4.69, 9.17) is 9.47 Å². The highest BCUT2D eigenvalue weighted by molar-refractivity contribution is 5.96. The van der Waals surface area contributed by atoms with Crippen molar-refractivity contribution in [1.29, 1.82) is 0 Å². The highest BCUT2D eigenvalue weighted by atomic mass is 16.6. The maximum atomic E-state index is 13.5. The lowest BCUT2D eigenvalue weighted by atomic mass is 10.1. The number of piperazine rings is 1. The highest BCUT2D eigenvalue weighted by Gasteiger charge is 2.34. The molecule has 2 unspecified atom stereocenters. The molecule has 3 fully saturated rings. The van der Waals surface area contributed by atoms with Crippen molar-refractivity contribution in [3.8, 4) is 11.6 Å². The number of carbonyl (C=O) groups is 6. The summed E-state index contributed by atoms with van der Waals surface area (Å²) in [4.78, 5) is 80.6. The van der Waals surface area contributed by atoms with Crippen molar-refractivity contribution in [2.45, 2.75) is 45.1 Å². The third-order valence-corrected chi connectivity index (χ3v) is 8.79. The number of hydrogen-bond acceptors (Lipinski definition) is 9. The molecule has 0 spiro atoms. The lowest BCUT2D eigenvalue weighted by Gasteiger charge is -2.35. The second-order valence-electron chi connectivity index (χ2n) is 12.4. The Balaban J connectivity index is 1.24. The zero-order valence-corrected chi connectivity index (χ0v) is 27.5. The van der Waals surface area contributed by atoms with Crippen LogP contribution in [-0.4, -0.2) is 130 Å². The van der Waals surface area contributed by atoms with Crippen LogP contribution < -0.4 is 15.4 Å². The minimum atomic E-state index is -1.17. The van der Waals surface area contributed by atoms with Gasteiger partial charge in [0.05, 0.1) is 18.2 Å². The molecule has 264 valence electrons.